The zero-order valence-electron chi connectivity index (χ0n) is 16.6. The van der Waals surface area contributed by atoms with Crippen LogP contribution in [0.15, 0.2) is 59.8 Å². The molecule has 0 saturated heterocycles. The SMILES string of the molecule is C#Cc1cccc(Nc2ncnc3nc(Nc4ccc(S(=O)(=O)NCCO)cc4)sc23)c1. The Morgan fingerprint density at radius 1 is 1.06 bits per heavy atom. The first kappa shape index (κ1) is 21.7. The molecule has 0 unspecified atom stereocenters. The predicted molar refractivity (Wildman–Crippen MR) is 125 cm³/mol. The minimum atomic E-state index is -3.66. The molecule has 0 spiro atoms. The van der Waals surface area contributed by atoms with Crippen LogP contribution in [0.5, 0.6) is 0 Å². The van der Waals surface area contributed by atoms with E-state index in [2.05, 4.69) is 36.2 Å². The van der Waals surface area contributed by atoms with Gasteiger partial charge >= 0.3 is 0 Å². The summed E-state index contributed by atoms with van der Waals surface area (Å²) >= 11 is 1.36. The lowest BCUT2D eigenvalue weighted by atomic mass is 10.2. The van der Waals surface area contributed by atoms with Gasteiger partial charge in [0.05, 0.1) is 11.5 Å². The Labute approximate surface area is 188 Å². The molecule has 11 heteroatoms. The summed E-state index contributed by atoms with van der Waals surface area (Å²) in [5.74, 6) is 3.20. The van der Waals surface area contributed by atoms with Crippen molar-refractivity contribution in [1.82, 2.24) is 19.7 Å². The summed E-state index contributed by atoms with van der Waals surface area (Å²) in [6.45, 7) is -0.315. The fourth-order valence-electron chi connectivity index (χ4n) is 2.82. The van der Waals surface area contributed by atoms with E-state index in [1.807, 2.05) is 24.3 Å². The third kappa shape index (κ3) is 4.84. The van der Waals surface area contributed by atoms with Gasteiger partial charge in [-0.2, -0.15) is 4.98 Å². The van der Waals surface area contributed by atoms with Crippen LogP contribution >= 0.6 is 11.3 Å². The van der Waals surface area contributed by atoms with E-state index in [0.717, 1.165) is 16.0 Å². The summed E-state index contributed by atoms with van der Waals surface area (Å²) in [5, 5.41) is 15.8. The molecule has 2 aromatic heterocycles. The van der Waals surface area contributed by atoms with Gasteiger partial charge in [-0.1, -0.05) is 23.3 Å². The van der Waals surface area contributed by atoms with Crippen molar-refractivity contribution in [2.75, 3.05) is 23.8 Å². The number of fused-ring (bicyclic) bond motifs is 1. The Hall–Kier alpha value is -3.56. The molecule has 4 N–H and O–H groups in total. The largest absolute Gasteiger partial charge is 0.395 e. The van der Waals surface area contributed by atoms with Gasteiger partial charge < -0.3 is 15.7 Å². The Morgan fingerprint density at radius 3 is 2.62 bits per heavy atom. The molecule has 0 aliphatic heterocycles. The van der Waals surface area contributed by atoms with Crippen LogP contribution in [0, 0.1) is 12.3 Å². The first-order valence-electron chi connectivity index (χ1n) is 9.41. The molecular formula is C21H18N6O3S2. The highest BCUT2D eigenvalue weighted by atomic mass is 32.2. The zero-order valence-corrected chi connectivity index (χ0v) is 18.2. The first-order valence-corrected chi connectivity index (χ1v) is 11.7. The molecule has 4 rings (SSSR count). The molecule has 0 aliphatic rings. The maximum Gasteiger partial charge on any atom is 0.240 e. The van der Waals surface area contributed by atoms with Gasteiger partial charge in [-0.25, -0.2) is 23.1 Å². The van der Waals surface area contributed by atoms with Crippen LogP contribution < -0.4 is 15.4 Å². The van der Waals surface area contributed by atoms with Crippen molar-refractivity contribution in [2.45, 2.75) is 4.90 Å². The number of nitrogens with one attached hydrogen (secondary N) is 3. The first-order chi connectivity index (χ1) is 15.5. The number of thiazole rings is 1. The van der Waals surface area contributed by atoms with E-state index in [9.17, 15) is 8.42 Å². The highest BCUT2D eigenvalue weighted by molar-refractivity contribution is 7.89. The third-order valence-electron chi connectivity index (χ3n) is 4.30. The van der Waals surface area contributed by atoms with E-state index in [4.69, 9.17) is 11.5 Å². The molecule has 0 atom stereocenters. The monoisotopic (exact) mass is 466 g/mol. The Bertz CT molecular complexity index is 1400. The Balaban J connectivity index is 1.55. The second kappa shape index (κ2) is 9.29. The molecule has 4 aromatic rings. The van der Waals surface area contributed by atoms with Crippen molar-refractivity contribution in [3.63, 3.8) is 0 Å². The predicted octanol–water partition coefficient (Wildman–Crippen LogP) is 2.83. The summed E-state index contributed by atoms with van der Waals surface area (Å²) in [6.07, 6.45) is 6.90. The molecule has 0 saturated carbocycles. The van der Waals surface area contributed by atoms with Gasteiger partial charge in [0.2, 0.25) is 10.0 Å². The van der Waals surface area contributed by atoms with Crippen LogP contribution in [0.25, 0.3) is 10.3 Å². The van der Waals surface area contributed by atoms with E-state index in [0.29, 0.717) is 22.3 Å². The molecule has 0 aliphatic carbocycles. The normalized spacial score (nSPS) is 11.2. The summed E-state index contributed by atoms with van der Waals surface area (Å²) in [4.78, 5) is 13.1. The molecule has 2 aromatic carbocycles. The molecule has 162 valence electrons. The smallest absolute Gasteiger partial charge is 0.240 e. The number of sulfonamides is 1. The number of nitrogens with zero attached hydrogens (tertiary/aromatic N) is 3. The number of aliphatic hydroxyl groups is 1. The second-order valence-corrected chi connectivity index (χ2v) is 9.28. The van der Waals surface area contributed by atoms with E-state index < -0.39 is 10.0 Å². The Morgan fingerprint density at radius 2 is 1.88 bits per heavy atom. The standard InChI is InChI=1S/C21H18N6O3S2/c1-2-14-4-3-5-16(12-14)25-19-18-20(23-13-22-19)27-21(31-18)26-15-6-8-17(9-7-15)32(29,30)24-10-11-28/h1,3-9,12-13,24,28H,10-11H2,(H2,22,23,25,26,27). The van der Waals surface area contributed by atoms with Crippen LogP contribution in [0.1, 0.15) is 5.56 Å². The number of anilines is 4. The van der Waals surface area contributed by atoms with Crippen LogP contribution in [0.3, 0.4) is 0 Å². The van der Waals surface area contributed by atoms with Gasteiger partial charge in [-0.15, -0.1) is 6.42 Å². The van der Waals surface area contributed by atoms with Gasteiger partial charge in [0.25, 0.3) is 0 Å². The van der Waals surface area contributed by atoms with Gasteiger partial charge in [0.1, 0.15) is 11.0 Å². The summed E-state index contributed by atoms with van der Waals surface area (Å²) < 4.78 is 27.3. The lowest BCUT2D eigenvalue weighted by molar-refractivity contribution is 0.301. The van der Waals surface area contributed by atoms with Gasteiger partial charge in [-0.05, 0) is 42.5 Å². The van der Waals surface area contributed by atoms with Crippen molar-refractivity contribution < 1.29 is 13.5 Å². The zero-order chi connectivity index (χ0) is 22.6. The van der Waals surface area contributed by atoms with Gasteiger partial charge in [0, 0.05) is 23.5 Å². The number of aromatic nitrogens is 3. The number of aliphatic hydroxyl groups excluding tert-OH is 1. The van der Waals surface area contributed by atoms with Crippen LogP contribution in [0.4, 0.5) is 22.3 Å². The summed E-state index contributed by atoms with van der Waals surface area (Å²) in [5.41, 5.74) is 2.74. The summed E-state index contributed by atoms with van der Waals surface area (Å²) in [7, 11) is -3.66. The topological polar surface area (TPSA) is 129 Å². The van der Waals surface area contributed by atoms with Crippen molar-refractivity contribution >= 4 is 54.0 Å². The molecule has 0 amide bonds. The molecule has 0 bridgehead atoms. The van der Waals surface area contributed by atoms with E-state index in [1.165, 1.54) is 29.8 Å². The van der Waals surface area contributed by atoms with Crippen LogP contribution in [-0.4, -0.2) is 41.6 Å². The average molecular weight is 467 g/mol. The highest BCUT2D eigenvalue weighted by Gasteiger charge is 2.14. The van der Waals surface area contributed by atoms with Gasteiger partial charge in [0.15, 0.2) is 16.6 Å². The maximum atomic E-state index is 12.1. The number of rotatable bonds is 8. The molecule has 32 heavy (non-hydrogen) atoms. The van der Waals surface area contributed by atoms with Gasteiger partial charge in [-0.3, -0.25) is 0 Å². The lowest BCUT2D eigenvalue weighted by Crippen LogP contribution is -2.26. The van der Waals surface area contributed by atoms with Crippen LogP contribution in [0.2, 0.25) is 0 Å². The third-order valence-corrected chi connectivity index (χ3v) is 6.75. The molecular weight excluding hydrogens is 448 g/mol. The Kier molecular flexibility index (Phi) is 6.29. The van der Waals surface area contributed by atoms with Crippen LogP contribution in [-0.2, 0) is 10.0 Å². The van der Waals surface area contributed by atoms with Crippen molar-refractivity contribution in [2.24, 2.45) is 0 Å². The van der Waals surface area contributed by atoms with E-state index in [1.54, 1.807) is 12.1 Å². The fourth-order valence-corrected chi connectivity index (χ4v) is 4.73. The second-order valence-electron chi connectivity index (χ2n) is 6.51. The molecule has 2 heterocycles. The number of benzene rings is 2. The minimum Gasteiger partial charge on any atom is -0.395 e. The number of hydrogen-bond donors (Lipinski definition) is 4. The molecule has 0 fully saturated rings. The van der Waals surface area contributed by atoms with Crippen molar-refractivity contribution in [3.8, 4) is 12.3 Å². The van der Waals surface area contributed by atoms with Crippen molar-refractivity contribution in [1.29, 1.82) is 0 Å². The molecule has 9 nitrogen and oxygen atoms in total. The highest BCUT2D eigenvalue weighted by Crippen LogP contribution is 2.32. The van der Waals surface area contributed by atoms with Crippen molar-refractivity contribution in [3.05, 3.63) is 60.4 Å². The lowest BCUT2D eigenvalue weighted by Gasteiger charge is -2.07. The fraction of sp³-hybridized carbons (Fsp3) is 0.0952. The van der Waals surface area contributed by atoms with E-state index >= 15 is 0 Å². The summed E-state index contributed by atoms with van der Waals surface area (Å²) in [6, 6.07) is 13.7. The number of terminal acetylenes is 1. The average Bonchev–Trinajstić information content (AvgIpc) is 3.22. The maximum absolute atomic E-state index is 12.1. The quantitative estimate of drug-likeness (QED) is 0.292. The van der Waals surface area contributed by atoms with E-state index in [-0.39, 0.29) is 18.0 Å². The molecule has 0 radical (unpaired) electrons. The number of hydrogen-bond acceptors (Lipinski definition) is 9. The minimum absolute atomic E-state index is 0.0432.